The molecule has 0 spiro atoms. The van der Waals surface area contributed by atoms with Gasteiger partial charge in [-0.05, 0) is 12.8 Å². The van der Waals surface area contributed by atoms with Crippen LogP contribution in [0, 0.1) is 10.8 Å². The van der Waals surface area contributed by atoms with Crippen molar-refractivity contribution in [3.63, 3.8) is 0 Å². The summed E-state index contributed by atoms with van der Waals surface area (Å²) in [6.07, 6.45) is 2.93. The van der Waals surface area contributed by atoms with Gasteiger partial charge in [0.15, 0.2) is 0 Å². The summed E-state index contributed by atoms with van der Waals surface area (Å²) in [4.78, 5) is 24.8. The van der Waals surface area contributed by atoms with E-state index in [9.17, 15) is 20.0 Å². The number of rotatable bonds is 8. The summed E-state index contributed by atoms with van der Waals surface area (Å²) in [7, 11) is 2.53. The fraction of sp³-hybridized carbons (Fsp3) is 1.00. The second-order valence-electron chi connectivity index (χ2n) is 8.44. The van der Waals surface area contributed by atoms with E-state index in [2.05, 4.69) is 27.7 Å². The Labute approximate surface area is 182 Å². The van der Waals surface area contributed by atoms with E-state index in [-0.39, 0.29) is 10.8 Å². The fourth-order valence-electron chi connectivity index (χ4n) is 3.05. The highest BCUT2D eigenvalue weighted by atomic mass is 33.2. The van der Waals surface area contributed by atoms with E-state index < -0.39 is 42.9 Å². The third-order valence-electron chi connectivity index (χ3n) is 4.30. The van der Waals surface area contributed by atoms with Crippen LogP contribution >= 0.6 is 47.2 Å². The van der Waals surface area contributed by atoms with Crippen molar-refractivity contribution < 1.29 is 20.0 Å². The van der Waals surface area contributed by atoms with Crippen LogP contribution in [0.2, 0.25) is 0 Å². The maximum atomic E-state index is 12.4. The molecule has 160 valence electrons. The third kappa shape index (κ3) is 8.33. The van der Waals surface area contributed by atoms with Crippen molar-refractivity contribution >= 4 is 65.4 Å². The van der Waals surface area contributed by atoms with Crippen LogP contribution in [0.25, 0.3) is 0 Å². The van der Waals surface area contributed by atoms with E-state index in [1.807, 2.05) is 11.8 Å². The molecule has 0 aromatic rings. The molecule has 0 fully saturated rings. The fourth-order valence-corrected chi connectivity index (χ4v) is 22.9. The standard InChI is InChI=1S/C16H32O4P2S5/c1-15(2)9-13(17)26(21(19)11-15)24-7-5-23-6-8-25-27-14(18)10-16(3,4)12-22(27)20/h13-14,17-18H,5-12H2,1-4H3. The lowest BCUT2D eigenvalue weighted by Crippen LogP contribution is -2.31. The van der Waals surface area contributed by atoms with Gasteiger partial charge in [0.1, 0.15) is 23.2 Å². The summed E-state index contributed by atoms with van der Waals surface area (Å²) >= 11 is 1.85. The number of aliphatic hydroxyl groups excluding tert-OH is 2. The second-order valence-corrected chi connectivity index (χ2v) is 25.0. The van der Waals surface area contributed by atoms with Gasteiger partial charge in [0.2, 0.25) is 0 Å². The first-order valence-electron chi connectivity index (χ1n) is 9.07. The summed E-state index contributed by atoms with van der Waals surface area (Å²) < 4.78 is 0. The Kier molecular flexibility index (Phi) is 10.5. The van der Waals surface area contributed by atoms with E-state index in [1.165, 1.54) is 0 Å². The monoisotopic (exact) mass is 510 g/mol. The molecule has 6 unspecified atom stereocenters. The molecule has 0 aromatic heterocycles. The van der Waals surface area contributed by atoms with E-state index in [1.54, 1.807) is 21.6 Å². The minimum Gasteiger partial charge on any atom is -0.624 e. The average Bonchev–Trinajstić information content (AvgIpc) is 2.48. The van der Waals surface area contributed by atoms with Crippen LogP contribution in [-0.4, -0.2) is 56.4 Å². The normalized spacial score (nSPS) is 36.0. The molecule has 0 saturated heterocycles. The van der Waals surface area contributed by atoms with Crippen LogP contribution < -0.4 is 9.79 Å². The summed E-state index contributed by atoms with van der Waals surface area (Å²) in [6, 6.07) is 0. The molecule has 0 bridgehead atoms. The Morgan fingerprint density at radius 1 is 0.815 bits per heavy atom. The number of hydrogen-bond acceptors (Lipinski definition) is 7. The van der Waals surface area contributed by atoms with Gasteiger partial charge in [-0.3, -0.25) is 0 Å². The average molecular weight is 511 g/mol. The van der Waals surface area contributed by atoms with E-state index in [0.29, 0.717) is 0 Å². The SMILES string of the molecule is CC1(C)CC(O)S(SCCSCCSS2=[P+]([O-])CC(C)(C)CC2O)=[P+]([O-])C1. The lowest BCUT2D eigenvalue weighted by atomic mass is 9.92. The highest BCUT2D eigenvalue weighted by Gasteiger charge is 2.37. The van der Waals surface area contributed by atoms with Gasteiger partial charge >= 0.3 is 0 Å². The Morgan fingerprint density at radius 2 is 1.19 bits per heavy atom. The van der Waals surface area contributed by atoms with Gasteiger partial charge in [-0.15, -0.1) is 0 Å². The minimum absolute atomic E-state index is 0.0104. The second kappa shape index (κ2) is 11.2. The summed E-state index contributed by atoms with van der Waals surface area (Å²) in [5.74, 6) is 3.77. The Balaban J connectivity index is 1.66. The molecule has 2 heterocycles. The Hall–Kier alpha value is 2.19. The molecule has 4 nitrogen and oxygen atoms in total. The van der Waals surface area contributed by atoms with Gasteiger partial charge < -0.3 is 20.0 Å². The van der Waals surface area contributed by atoms with Crippen molar-refractivity contribution in [2.24, 2.45) is 10.8 Å². The smallest absolute Gasteiger partial charge is 0.140 e. The van der Waals surface area contributed by atoms with Crippen molar-refractivity contribution in [3.8, 4) is 0 Å². The molecule has 27 heavy (non-hydrogen) atoms. The molecule has 0 radical (unpaired) electrons. The largest absolute Gasteiger partial charge is 0.624 e. The summed E-state index contributed by atoms with van der Waals surface area (Å²) in [5.41, 5.74) is -0.887. The molecular weight excluding hydrogens is 478 g/mol. The van der Waals surface area contributed by atoms with Gasteiger partial charge in [0, 0.05) is 33.8 Å². The van der Waals surface area contributed by atoms with Crippen LogP contribution in [-0.2, 0) is 18.2 Å². The third-order valence-corrected chi connectivity index (χ3v) is 24.6. The van der Waals surface area contributed by atoms with E-state index >= 15 is 0 Å². The Bertz CT molecular complexity index is 547. The van der Waals surface area contributed by atoms with Crippen LogP contribution in [0.4, 0.5) is 0 Å². The summed E-state index contributed by atoms with van der Waals surface area (Å²) in [6.45, 7) is 5.70. The van der Waals surface area contributed by atoms with Gasteiger partial charge in [0.05, 0.1) is 32.1 Å². The van der Waals surface area contributed by atoms with Gasteiger partial charge in [-0.25, -0.2) is 0 Å². The molecule has 0 amide bonds. The van der Waals surface area contributed by atoms with Crippen LogP contribution in [0.1, 0.15) is 40.5 Å². The van der Waals surface area contributed by atoms with Crippen molar-refractivity contribution in [1.29, 1.82) is 0 Å². The first-order valence-corrected chi connectivity index (χ1v) is 19.9. The van der Waals surface area contributed by atoms with Crippen LogP contribution in [0.5, 0.6) is 0 Å². The Morgan fingerprint density at radius 3 is 1.52 bits per heavy atom. The molecule has 2 rings (SSSR count). The molecule has 2 aliphatic heterocycles. The predicted octanol–water partition coefficient (Wildman–Crippen LogP) is 3.09. The first kappa shape index (κ1) is 25.5. The first-order chi connectivity index (χ1) is 12.5. The van der Waals surface area contributed by atoms with Crippen molar-refractivity contribution in [3.05, 3.63) is 0 Å². The summed E-state index contributed by atoms with van der Waals surface area (Å²) in [5, 5.41) is 20.6. The van der Waals surface area contributed by atoms with E-state index in [4.69, 9.17) is 0 Å². The molecule has 0 aliphatic carbocycles. The van der Waals surface area contributed by atoms with Gasteiger partial charge in [0.25, 0.3) is 0 Å². The minimum atomic E-state index is -1.32. The maximum absolute atomic E-state index is 12.4. The molecule has 0 aromatic carbocycles. The number of aliphatic hydroxyl groups is 2. The maximum Gasteiger partial charge on any atom is 0.140 e. The lowest BCUT2D eigenvalue weighted by molar-refractivity contribution is -0.154. The van der Waals surface area contributed by atoms with Gasteiger partial charge in [-0.1, -0.05) is 49.3 Å². The topological polar surface area (TPSA) is 86.6 Å². The highest BCUT2D eigenvalue weighted by molar-refractivity contribution is 8.81. The van der Waals surface area contributed by atoms with Crippen LogP contribution in [0.3, 0.4) is 0 Å². The lowest BCUT2D eigenvalue weighted by Gasteiger charge is -2.31. The zero-order chi connectivity index (χ0) is 20.2. The van der Waals surface area contributed by atoms with Crippen molar-refractivity contribution in [2.75, 3.05) is 35.3 Å². The zero-order valence-corrected chi connectivity index (χ0v) is 22.3. The molecule has 6 atom stereocenters. The predicted molar refractivity (Wildman–Crippen MR) is 129 cm³/mol. The van der Waals surface area contributed by atoms with E-state index in [0.717, 1.165) is 48.2 Å². The molecule has 11 heteroatoms. The van der Waals surface area contributed by atoms with Gasteiger partial charge in [-0.2, -0.15) is 11.8 Å². The quantitative estimate of drug-likeness (QED) is 0.295. The van der Waals surface area contributed by atoms with Crippen LogP contribution in [0.15, 0.2) is 0 Å². The van der Waals surface area contributed by atoms with Crippen molar-refractivity contribution in [1.82, 2.24) is 0 Å². The highest BCUT2D eigenvalue weighted by Crippen LogP contribution is 2.45. The van der Waals surface area contributed by atoms with Crippen molar-refractivity contribution in [2.45, 2.75) is 51.4 Å². The molecular formula is C16H32O4P2S5. The molecule has 2 N–H and O–H groups in total. The number of hydrogen-bond donors (Lipinski definition) is 2. The number of thioether (sulfide) groups is 1. The molecule has 0 saturated carbocycles. The molecule has 2 aliphatic rings. The zero-order valence-electron chi connectivity index (χ0n) is 16.5.